The minimum Gasteiger partial charge on any atom is -0.493 e. The Bertz CT molecular complexity index is 789. The summed E-state index contributed by atoms with van der Waals surface area (Å²) in [6, 6.07) is 17.0. The molecule has 1 unspecified atom stereocenters. The van der Waals surface area contributed by atoms with Crippen molar-refractivity contribution in [3.05, 3.63) is 65.2 Å². The zero-order valence-electron chi connectivity index (χ0n) is 15.8. The smallest absolute Gasteiger partial charge is 0.191 e. The van der Waals surface area contributed by atoms with E-state index in [2.05, 4.69) is 58.1 Å². The minimum atomic E-state index is 0. The van der Waals surface area contributed by atoms with Crippen LogP contribution in [0.25, 0.3) is 0 Å². The number of nitrogens with one attached hydrogen (secondary N) is 2. The molecule has 0 aliphatic heterocycles. The molecular formula is C22H28IN3O. The average Bonchev–Trinajstić information content (AvgIpc) is 3.48. The van der Waals surface area contributed by atoms with Crippen LogP contribution < -0.4 is 15.4 Å². The van der Waals surface area contributed by atoms with Crippen molar-refractivity contribution in [2.45, 2.75) is 31.7 Å². The number of fused-ring (bicyclic) bond motifs is 1. The van der Waals surface area contributed by atoms with Gasteiger partial charge in [0.05, 0.1) is 6.61 Å². The molecular weight excluding hydrogens is 449 g/mol. The van der Waals surface area contributed by atoms with Crippen molar-refractivity contribution < 1.29 is 4.74 Å². The van der Waals surface area contributed by atoms with Crippen LogP contribution in [0.2, 0.25) is 0 Å². The molecule has 4 nitrogen and oxygen atoms in total. The van der Waals surface area contributed by atoms with Gasteiger partial charge in [-0.15, -0.1) is 24.0 Å². The lowest BCUT2D eigenvalue weighted by Crippen LogP contribution is -2.40. The first-order valence-electron chi connectivity index (χ1n) is 9.56. The van der Waals surface area contributed by atoms with Crippen molar-refractivity contribution >= 4 is 29.9 Å². The summed E-state index contributed by atoms with van der Waals surface area (Å²) in [4.78, 5) is 4.36. The maximum Gasteiger partial charge on any atom is 0.191 e. The Labute approximate surface area is 178 Å². The topological polar surface area (TPSA) is 45.7 Å². The zero-order chi connectivity index (χ0) is 17.8. The number of hydrogen-bond donors (Lipinski definition) is 2. The fourth-order valence-corrected chi connectivity index (χ4v) is 3.45. The highest BCUT2D eigenvalue weighted by atomic mass is 127. The molecule has 2 aliphatic carbocycles. The van der Waals surface area contributed by atoms with Gasteiger partial charge >= 0.3 is 0 Å². The van der Waals surface area contributed by atoms with E-state index in [4.69, 9.17) is 4.74 Å². The zero-order valence-corrected chi connectivity index (χ0v) is 18.1. The second-order valence-corrected chi connectivity index (χ2v) is 7.27. The third kappa shape index (κ3) is 5.15. The van der Waals surface area contributed by atoms with Gasteiger partial charge in [-0.1, -0.05) is 42.5 Å². The number of guanidine groups is 1. The molecule has 0 radical (unpaired) electrons. The lowest BCUT2D eigenvalue weighted by atomic mass is 9.78. The molecule has 2 N–H and O–H groups in total. The summed E-state index contributed by atoms with van der Waals surface area (Å²) < 4.78 is 5.99. The molecule has 4 rings (SSSR count). The highest BCUT2D eigenvalue weighted by Gasteiger charge is 2.25. The number of halogens is 1. The maximum atomic E-state index is 5.99. The van der Waals surface area contributed by atoms with Crippen LogP contribution in [0.15, 0.2) is 53.5 Å². The average molecular weight is 477 g/mol. The molecule has 27 heavy (non-hydrogen) atoms. The molecule has 0 saturated heterocycles. The van der Waals surface area contributed by atoms with Gasteiger partial charge < -0.3 is 15.4 Å². The van der Waals surface area contributed by atoms with Gasteiger partial charge in [0, 0.05) is 31.6 Å². The molecule has 2 aromatic carbocycles. The van der Waals surface area contributed by atoms with Gasteiger partial charge in [0.25, 0.3) is 0 Å². The van der Waals surface area contributed by atoms with Crippen molar-refractivity contribution in [3.63, 3.8) is 0 Å². The van der Waals surface area contributed by atoms with Crippen molar-refractivity contribution in [1.82, 2.24) is 10.6 Å². The number of hydrogen-bond acceptors (Lipinski definition) is 2. The van der Waals surface area contributed by atoms with E-state index in [-0.39, 0.29) is 24.0 Å². The second kappa shape index (κ2) is 9.44. The summed E-state index contributed by atoms with van der Waals surface area (Å²) in [5, 5.41) is 6.88. The highest BCUT2D eigenvalue weighted by Crippen LogP contribution is 2.34. The van der Waals surface area contributed by atoms with Crippen LogP contribution in [0.1, 0.15) is 35.4 Å². The number of nitrogens with zero attached hydrogens (tertiary/aromatic N) is 1. The van der Waals surface area contributed by atoms with Crippen LogP contribution >= 0.6 is 24.0 Å². The van der Waals surface area contributed by atoms with E-state index in [9.17, 15) is 0 Å². The van der Waals surface area contributed by atoms with Gasteiger partial charge in [0.15, 0.2) is 5.96 Å². The molecule has 0 aromatic heterocycles. The van der Waals surface area contributed by atoms with E-state index in [1.807, 2.05) is 13.1 Å². The molecule has 2 aromatic rings. The van der Waals surface area contributed by atoms with Crippen molar-refractivity contribution in [2.75, 3.05) is 20.2 Å². The third-order valence-electron chi connectivity index (χ3n) is 5.29. The molecule has 1 saturated carbocycles. The summed E-state index contributed by atoms with van der Waals surface area (Å²) in [5.41, 5.74) is 4.11. The normalized spacial score (nSPS) is 18.0. The van der Waals surface area contributed by atoms with Gasteiger partial charge in [-0.05, 0) is 42.4 Å². The van der Waals surface area contributed by atoms with E-state index in [1.165, 1.54) is 29.5 Å². The van der Waals surface area contributed by atoms with Crippen LogP contribution in [0.3, 0.4) is 0 Å². The van der Waals surface area contributed by atoms with Crippen molar-refractivity contribution in [1.29, 1.82) is 0 Å². The van der Waals surface area contributed by atoms with Crippen LogP contribution in [0.5, 0.6) is 5.75 Å². The molecule has 0 heterocycles. The Morgan fingerprint density at radius 3 is 2.63 bits per heavy atom. The first-order chi connectivity index (χ1) is 12.8. The van der Waals surface area contributed by atoms with Gasteiger partial charge in [-0.2, -0.15) is 0 Å². The summed E-state index contributed by atoms with van der Waals surface area (Å²) in [5.74, 6) is 3.16. The Morgan fingerprint density at radius 2 is 1.85 bits per heavy atom. The number of aliphatic imine (C=N–C) groups is 1. The first-order valence-corrected chi connectivity index (χ1v) is 9.56. The summed E-state index contributed by atoms with van der Waals surface area (Å²) >= 11 is 0. The fraction of sp³-hybridized carbons (Fsp3) is 0.409. The Morgan fingerprint density at radius 1 is 1.07 bits per heavy atom. The largest absolute Gasteiger partial charge is 0.493 e. The molecule has 144 valence electrons. The summed E-state index contributed by atoms with van der Waals surface area (Å²) in [6.45, 7) is 2.46. The Kier molecular flexibility index (Phi) is 6.99. The molecule has 5 heteroatoms. The SMILES string of the molecule is CN=C(NCc1ccccc1OCC1CC1)NCC1Cc2ccccc21.I. The van der Waals surface area contributed by atoms with E-state index in [0.717, 1.165) is 37.2 Å². The van der Waals surface area contributed by atoms with Crippen LogP contribution in [-0.2, 0) is 13.0 Å². The van der Waals surface area contributed by atoms with Crippen LogP contribution in [0, 0.1) is 5.92 Å². The standard InChI is InChI=1S/C22H27N3O.HI/c1-23-22(25-14-19-12-17-6-2-4-8-20(17)19)24-13-18-7-3-5-9-21(18)26-15-16-10-11-16;/h2-9,16,19H,10-15H2,1H3,(H2,23,24,25);1H. The van der Waals surface area contributed by atoms with E-state index < -0.39 is 0 Å². The van der Waals surface area contributed by atoms with E-state index in [0.29, 0.717) is 12.5 Å². The molecule has 2 aliphatic rings. The van der Waals surface area contributed by atoms with Crippen molar-refractivity contribution in [3.8, 4) is 5.75 Å². The third-order valence-corrected chi connectivity index (χ3v) is 5.29. The Hall–Kier alpha value is -1.76. The van der Waals surface area contributed by atoms with E-state index in [1.54, 1.807) is 0 Å². The predicted molar refractivity (Wildman–Crippen MR) is 121 cm³/mol. The van der Waals surface area contributed by atoms with Crippen LogP contribution in [0.4, 0.5) is 0 Å². The molecule has 0 spiro atoms. The molecule has 1 atom stereocenters. The second-order valence-electron chi connectivity index (χ2n) is 7.27. The first kappa shape index (κ1) is 20.0. The quantitative estimate of drug-likeness (QED) is 0.359. The lowest BCUT2D eigenvalue weighted by Gasteiger charge is -2.30. The van der Waals surface area contributed by atoms with Gasteiger partial charge in [-0.3, -0.25) is 4.99 Å². The number of benzene rings is 2. The number of ether oxygens (including phenoxy) is 1. The lowest BCUT2D eigenvalue weighted by molar-refractivity contribution is 0.296. The summed E-state index contributed by atoms with van der Waals surface area (Å²) in [7, 11) is 1.82. The maximum absolute atomic E-state index is 5.99. The Balaban J connectivity index is 0.00000210. The molecule has 0 bridgehead atoms. The monoisotopic (exact) mass is 477 g/mol. The van der Waals surface area contributed by atoms with Gasteiger partial charge in [-0.25, -0.2) is 0 Å². The van der Waals surface area contributed by atoms with Gasteiger partial charge in [0.1, 0.15) is 5.75 Å². The number of para-hydroxylation sites is 1. The number of rotatable bonds is 7. The fourth-order valence-electron chi connectivity index (χ4n) is 3.45. The predicted octanol–water partition coefficient (Wildman–Crippen LogP) is 4.10. The summed E-state index contributed by atoms with van der Waals surface area (Å²) in [6.07, 6.45) is 3.76. The minimum absolute atomic E-state index is 0. The van der Waals surface area contributed by atoms with Crippen LogP contribution in [-0.4, -0.2) is 26.2 Å². The molecule has 0 amide bonds. The van der Waals surface area contributed by atoms with Crippen molar-refractivity contribution in [2.24, 2.45) is 10.9 Å². The highest BCUT2D eigenvalue weighted by molar-refractivity contribution is 14.0. The van der Waals surface area contributed by atoms with E-state index >= 15 is 0 Å². The van der Waals surface area contributed by atoms with Gasteiger partial charge in [0.2, 0.25) is 0 Å². The molecule has 1 fully saturated rings.